The predicted molar refractivity (Wildman–Crippen MR) is 83.0 cm³/mol. The number of Topliss-reactive ketones (excluding diaryl/α,β-unsaturated/α-hetero) is 2. The lowest BCUT2D eigenvalue weighted by Crippen LogP contribution is -2.39. The molecule has 1 aliphatic heterocycles. The third-order valence-corrected chi connectivity index (χ3v) is 3.73. The zero-order valence-corrected chi connectivity index (χ0v) is 12.7. The fourth-order valence-electron chi connectivity index (χ4n) is 2.71. The highest BCUT2D eigenvalue weighted by Crippen LogP contribution is 2.28. The number of nitrogens with zero attached hydrogens (tertiary/aromatic N) is 1. The van der Waals surface area contributed by atoms with E-state index in [1.807, 2.05) is 12.2 Å². The van der Waals surface area contributed by atoms with E-state index >= 15 is 0 Å². The molecule has 3 rings (SSSR count). The molecule has 118 valence electrons. The molecule has 0 saturated heterocycles. The Morgan fingerprint density at radius 3 is 2.35 bits per heavy atom. The van der Waals surface area contributed by atoms with Gasteiger partial charge in [-0.1, -0.05) is 36.4 Å². The first-order valence-corrected chi connectivity index (χ1v) is 7.40. The molecule has 0 aromatic heterocycles. The van der Waals surface area contributed by atoms with Gasteiger partial charge in [-0.3, -0.25) is 14.9 Å². The number of fused-ring (bicyclic) bond motifs is 1. The number of ether oxygens (including phenoxy) is 1. The maximum absolute atomic E-state index is 12.8. The molecule has 1 amide bonds. The molecule has 1 aromatic carbocycles. The SMILES string of the molecule is CCOC(=O)NC1=C(N2CC=CC2)C(=O)c2ccccc2C1=O. The zero-order chi connectivity index (χ0) is 16.4. The topological polar surface area (TPSA) is 75.7 Å². The van der Waals surface area contributed by atoms with Crippen LogP contribution in [-0.2, 0) is 4.74 Å². The molecule has 1 aliphatic carbocycles. The second kappa shape index (κ2) is 6.08. The summed E-state index contributed by atoms with van der Waals surface area (Å²) in [4.78, 5) is 39.1. The first-order chi connectivity index (χ1) is 11.1. The van der Waals surface area contributed by atoms with Crippen LogP contribution in [0.25, 0.3) is 0 Å². The number of allylic oxidation sites excluding steroid dienone is 2. The maximum Gasteiger partial charge on any atom is 0.411 e. The summed E-state index contributed by atoms with van der Waals surface area (Å²) in [6.07, 6.45) is 3.08. The van der Waals surface area contributed by atoms with E-state index in [9.17, 15) is 14.4 Å². The minimum absolute atomic E-state index is 0.0177. The summed E-state index contributed by atoms with van der Waals surface area (Å²) in [5, 5.41) is 2.45. The molecule has 0 spiro atoms. The minimum atomic E-state index is -0.743. The molecule has 0 saturated carbocycles. The standard InChI is InChI=1S/C17H16N2O4/c1-2-23-17(22)18-13-14(19-9-5-6-10-19)16(21)12-8-4-3-7-11(12)15(13)20/h3-8H,2,9-10H2,1H3,(H,18,22). The van der Waals surface area contributed by atoms with Crippen molar-refractivity contribution in [3.63, 3.8) is 0 Å². The average Bonchev–Trinajstić information content (AvgIpc) is 3.07. The zero-order valence-electron chi connectivity index (χ0n) is 12.7. The highest BCUT2D eigenvalue weighted by Gasteiger charge is 2.36. The fourth-order valence-corrected chi connectivity index (χ4v) is 2.71. The Morgan fingerprint density at radius 2 is 1.74 bits per heavy atom. The average molecular weight is 312 g/mol. The van der Waals surface area contributed by atoms with Crippen LogP contribution in [0.3, 0.4) is 0 Å². The molecule has 6 nitrogen and oxygen atoms in total. The molecular formula is C17H16N2O4. The highest BCUT2D eigenvalue weighted by molar-refractivity contribution is 6.27. The van der Waals surface area contributed by atoms with Gasteiger partial charge in [-0.2, -0.15) is 0 Å². The van der Waals surface area contributed by atoms with Crippen LogP contribution < -0.4 is 5.32 Å². The number of hydrogen-bond acceptors (Lipinski definition) is 5. The summed E-state index contributed by atoms with van der Waals surface area (Å²) in [7, 11) is 0. The molecule has 0 bridgehead atoms. The number of ketones is 2. The van der Waals surface area contributed by atoms with Crippen molar-refractivity contribution in [1.82, 2.24) is 10.2 Å². The van der Waals surface area contributed by atoms with Crippen molar-refractivity contribution in [2.45, 2.75) is 6.92 Å². The van der Waals surface area contributed by atoms with Gasteiger partial charge in [0.2, 0.25) is 11.6 Å². The summed E-state index contributed by atoms with van der Waals surface area (Å²) in [5.41, 5.74) is 0.844. The van der Waals surface area contributed by atoms with Crippen LogP contribution in [0, 0.1) is 0 Å². The van der Waals surface area contributed by atoms with Crippen molar-refractivity contribution >= 4 is 17.7 Å². The van der Waals surface area contributed by atoms with E-state index in [1.165, 1.54) is 0 Å². The Bertz CT molecular complexity index is 741. The monoisotopic (exact) mass is 312 g/mol. The summed E-state index contributed by atoms with van der Waals surface area (Å²) in [6, 6.07) is 6.61. The normalized spacial score (nSPS) is 16.7. The smallest absolute Gasteiger partial charge is 0.411 e. The first kappa shape index (κ1) is 15.0. The number of rotatable bonds is 3. The fraction of sp³-hybridized carbons (Fsp3) is 0.235. The molecule has 0 atom stereocenters. The van der Waals surface area contributed by atoms with E-state index in [-0.39, 0.29) is 29.6 Å². The number of carbonyl (C=O) groups excluding carboxylic acids is 3. The molecule has 0 unspecified atom stereocenters. The van der Waals surface area contributed by atoms with Crippen LogP contribution in [0.1, 0.15) is 27.6 Å². The first-order valence-electron chi connectivity index (χ1n) is 7.40. The van der Waals surface area contributed by atoms with Crippen LogP contribution in [0.15, 0.2) is 47.8 Å². The van der Waals surface area contributed by atoms with Gasteiger partial charge in [0, 0.05) is 24.2 Å². The second-order valence-corrected chi connectivity index (χ2v) is 5.15. The number of alkyl carbamates (subject to hydrolysis) is 1. The van der Waals surface area contributed by atoms with Crippen molar-refractivity contribution in [2.75, 3.05) is 19.7 Å². The Morgan fingerprint density at radius 1 is 1.13 bits per heavy atom. The lowest BCUT2D eigenvalue weighted by molar-refractivity contribution is 0.0938. The third-order valence-electron chi connectivity index (χ3n) is 3.73. The number of benzene rings is 1. The molecule has 1 heterocycles. The molecule has 1 aromatic rings. The Kier molecular flexibility index (Phi) is 3.97. The molecule has 2 aliphatic rings. The number of nitrogens with one attached hydrogen (secondary N) is 1. The van der Waals surface area contributed by atoms with Gasteiger partial charge >= 0.3 is 6.09 Å². The van der Waals surface area contributed by atoms with Crippen molar-refractivity contribution in [3.8, 4) is 0 Å². The van der Waals surface area contributed by atoms with Crippen molar-refractivity contribution in [2.24, 2.45) is 0 Å². The number of hydrogen-bond donors (Lipinski definition) is 1. The molecule has 23 heavy (non-hydrogen) atoms. The van der Waals surface area contributed by atoms with Crippen LogP contribution in [0.5, 0.6) is 0 Å². The van der Waals surface area contributed by atoms with Crippen LogP contribution in [-0.4, -0.2) is 42.3 Å². The molecule has 0 fully saturated rings. The van der Waals surface area contributed by atoms with E-state index in [0.717, 1.165) is 0 Å². The lowest BCUT2D eigenvalue weighted by Gasteiger charge is -2.27. The van der Waals surface area contributed by atoms with Crippen LogP contribution >= 0.6 is 0 Å². The molecule has 6 heteroatoms. The predicted octanol–water partition coefficient (Wildman–Crippen LogP) is 1.90. The molecular weight excluding hydrogens is 296 g/mol. The van der Waals surface area contributed by atoms with Crippen molar-refractivity contribution in [3.05, 3.63) is 58.9 Å². The van der Waals surface area contributed by atoms with E-state index in [2.05, 4.69) is 5.32 Å². The Labute approximate surface area is 133 Å². The van der Waals surface area contributed by atoms with Gasteiger partial charge in [0.1, 0.15) is 11.4 Å². The summed E-state index contributed by atoms with van der Waals surface area (Å²) < 4.78 is 4.85. The van der Waals surface area contributed by atoms with E-state index in [1.54, 1.807) is 36.1 Å². The lowest BCUT2D eigenvalue weighted by atomic mass is 9.89. The van der Waals surface area contributed by atoms with Gasteiger partial charge in [-0.25, -0.2) is 4.79 Å². The Balaban J connectivity index is 2.07. The van der Waals surface area contributed by atoms with Gasteiger partial charge < -0.3 is 9.64 Å². The summed E-state index contributed by atoms with van der Waals surface area (Å²) >= 11 is 0. The van der Waals surface area contributed by atoms with Gasteiger partial charge in [-0.05, 0) is 6.92 Å². The van der Waals surface area contributed by atoms with Gasteiger partial charge in [0.15, 0.2) is 0 Å². The van der Waals surface area contributed by atoms with E-state index in [4.69, 9.17) is 4.74 Å². The van der Waals surface area contributed by atoms with Gasteiger partial charge in [0.25, 0.3) is 0 Å². The maximum atomic E-state index is 12.8. The van der Waals surface area contributed by atoms with E-state index in [0.29, 0.717) is 24.2 Å². The second-order valence-electron chi connectivity index (χ2n) is 5.15. The summed E-state index contributed by atoms with van der Waals surface area (Å²) in [6.45, 7) is 2.88. The third kappa shape index (κ3) is 2.63. The van der Waals surface area contributed by atoms with Crippen LogP contribution in [0.2, 0.25) is 0 Å². The molecule has 1 N–H and O–H groups in total. The van der Waals surface area contributed by atoms with E-state index < -0.39 is 6.09 Å². The minimum Gasteiger partial charge on any atom is -0.450 e. The Hall–Kier alpha value is -2.89. The highest BCUT2D eigenvalue weighted by atomic mass is 16.5. The largest absolute Gasteiger partial charge is 0.450 e. The van der Waals surface area contributed by atoms with Crippen molar-refractivity contribution in [1.29, 1.82) is 0 Å². The van der Waals surface area contributed by atoms with Gasteiger partial charge in [0.05, 0.1) is 6.61 Å². The van der Waals surface area contributed by atoms with Crippen LogP contribution in [0.4, 0.5) is 4.79 Å². The van der Waals surface area contributed by atoms with Crippen molar-refractivity contribution < 1.29 is 19.1 Å². The number of carbonyl (C=O) groups is 3. The van der Waals surface area contributed by atoms with Gasteiger partial charge in [-0.15, -0.1) is 0 Å². The quantitative estimate of drug-likeness (QED) is 0.863. The summed E-state index contributed by atoms with van der Waals surface area (Å²) in [5.74, 6) is -0.647. The molecule has 0 radical (unpaired) electrons. The number of amides is 1.